The highest BCUT2D eigenvalue weighted by Gasteiger charge is 2.25. The average molecular weight is 282 g/mol. The van der Waals surface area contributed by atoms with E-state index >= 15 is 0 Å². The number of hydrogen-bond donors (Lipinski definition) is 0. The Morgan fingerprint density at radius 1 is 1.37 bits per heavy atom. The molecule has 1 fully saturated rings. The molecule has 0 aliphatic carbocycles. The maximum atomic E-state index is 11.9. The minimum atomic E-state index is -0.151. The lowest BCUT2D eigenvalue weighted by Gasteiger charge is -2.33. The summed E-state index contributed by atoms with van der Waals surface area (Å²) >= 11 is 5.84. The zero-order chi connectivity index (χ0) is 13.8. The minimum absolute atomic E-state index is 0.0344. The second-order valence-electron chi connectivity index (χ2n) is 4.63. The van der Waals surface area contributed by atoms with Crippen LogP contribution in [0.15, 0.2) is 24.3 Å². The molecule has 1 heterocycles. The molecule has 1 aromatic rings. The van der Waals surface area contributed by atoms with Gasteiger partial charge in [-0.2, -0.15) is 0 Å². The number of amides is 1. The Kier molecular flexibility index (Phi) is 4.56. The van der Waals surface area contributed by atoms with Crippen LogP contribution in [0.2, 0.25) is 5.02 Å². The normalized spacial score (nSPS) is 19.3. The number of Topliss-reactive ketones (excluding diaryl/α,β-unsaturated/α-hetero) is 1. The smallest absolute Gasteiger partial charge is 0.230 e. The van der Waals surface area contributed by atoms with Gasteiger partial charge in [-0.25, -0.2) is 0 Å². The molecule has 1 amide bonds. The van der Waals surface area contributed by atoms with Crippen molar-refractivity contribution in [2.45, 2.75) is 19.4 Å². The van der Waals surface area contributed by atoms with E-state index in [1.165, 1.54) is 6.92 Å². The van der Waals surface area contributed by atoms with Gasteiger partial charge in [-0.3, -0.25) is 9.59 Å². The first-order chi connectivity index (χ1) is 9.06. The molecule has 1 saturated heterocycles. The van der Waals surface area contributed by atoms with E-state index in [0.717, 1.165) is 5.56 Å². The van der Waals surface area contributed by atoms with Crippen molar-refractivity contribution in [3.05, 3.63) is 34.9 Å². The van der Waals surface area contributed by atoms with Crippen LogP contribution in [-0.4, -0.2) is 36.3 Å². The van der Waals surface area contributed by atoms with Crippen molar-refractivity contribution in [1.29, 1.82) is 0 Å². The molecule has 0 aromatic heterocycles. The van der Waals surface area contributed by atoms with Gasteiger partial charge >= 0.3 is 0 Å². The van der Waals surface area contributed by atoms with Gasteiger partial charge in [-0.1, -0.05) is 23.7 Å². The zero-order valence-electron chi connectivity index (χ0n) is 10.8. The van der Waals surface area contributed by atoms with E-state index in [1.807, 2.05) is 12.1 Å². The van der Waals surface area contributed by atoms with E-state index < -0.39 is 0 Å². The van der Waals surface area contributed by atoms with Crippen LogP contribution in [-0.2, 0) is 14.3 Å². The lowest BCUT2D eigenvalue weighted by molar-refractivity contribution is -0.141. The Bertz CT molecular complexity index is 472. The second kappa shape index (κ2) is 6.17. The molecule has 0 N–H and O–H groups in total. The molecule has 0 bridgehead atoms. The van der Waals surface area contributed by atoms with Crippen molar-refractivity contribution in [3.8, 4) is 0 Å². The van der Waals surface area contributed by atoms with Gasteiger partial charge in [-0.15, -0.1) is 0 Å². The Labute approximate surface area is 117 Å². The van der Waals surface area contributed by atoms with Crippen LogP contribution >= 0.6 is 11.6 Å². The van der Waals surface area contributed by atoms with Gasteiger partial charge in [0.05, 0.1) is 19.6 Å². The van der Waals surface area contributed by atoms with Gasteiger partial charge in [0.1, 0.15) is 11.9 Å². The average Bonchev–Trinajstić information content (AvgIpc) is 2.39. The molecule has 1 aliphatic heterocycles. The van der Waals surface area contributed by atoms with Crippen LogP contribution < -0.4 is 0 Å². The van der Waals surface area contributed by atoms with Crippen LogP contribution in [0.5, 0.6) is 0 Å². The van der Waals surface area contributed by atoms with Crippen molar-refractivity contribution in [3.63, 3.8) is 0 Å². The van der Waals surface area contributed by atoms with Crippen LogP contribution in [0.1, 0.15) is 25.0 Å². The second-order valence-corrected chi connectivity index (χ2v) is 5.07. The summed E-state index contributed by atoms with van der Waals surface area (Å²) in [5, 5.41) is 0.670. The molecule has 102 valence electrons. The van der Waals surface area contributed by atoms with Gasteiger partial charge in [0.15, 0.2) is 0 Å². The fourth-order valence-electron chi connectivity index (χ4n) is 2.08. The molecular formula is C14H16ClNO3. The first kappa shape index (κ1) is 14.0. The quantitative estimate of drug-likeness (QED) is 0.798. The predicted octanol–water partition coefficient (Wildman–Crippen LogP) is 2.22. The Morgan fingerprint density at radius 3 is 2.68 bits per heavy atom. The number of benzene rings is 1. The first-order valence-corrected chi connectivity index (χ1v) is 6.58. The van der Waals surface area contributed by atoms with Crippen LogP contribution in [0.25, 0.3) is 0 Å². The SMILES string of the molecule is CC(=O)CC(=O)N1CCOC(c2ccc(Cl)cc2)C1. The molecule has 1 unspecified atom stereocenters. The first-order valence-electron chi connectivity index (χ1n) is 6.20. The van der Waals surface area contributed by atoms with E-state index in [2.05, 4.69) is 0 Å². The number of hydrogen-bond acceptors (Lipinski definition) is 3. The number of carbonyl (C=O) groups is 2. The van der Waals surface area contributed by atoms with Gasteiger partial charge in [-0.05, 0) is 24.6 Å². The fourth-order valence-corrected chi connectivity index (χ4v) is 2.21. The molecule has 5 heteroatoms. The summed E-state index contributed by atoms with van der Waals surface area (Å²) < 4.78 is 5.67. The molecule has 1 aliphatic rings. The standard InChI is InChI=1S/C14H16ClNO3/c1-10(17)8-14(18)16-6-7-19-13(9-16)11-2-4-12(15)5-3-11/h2-5,13H,6-9H2,1H3. The third-order valence-corrected chi connectivity index (χ3v) is 3.31. The summed E-state index contributed by atoms with van der Waals surface area (Å²) in [7, 11) is 0. The maximum Gasteiger partial charge on any atom is 0.230 e. The summed E-state index contributed by atoms with van der Waals surface area (Å²) in [5.41, 5.74) is 0.990. The van der Waals surface area contributed by atoms with E-state index in [-0.39, 0.29) is 24.2 Å². The van der Waals surface area contributed by atoms with E-state index in [4.69, 9.17) is 16.3 Å². The van der Waals surface area contributed by atoms with Gasteiger partial charge < -0.3 is 9.64 Å². The summed E-state index contributed by atoms with van der Waals surface area (Å²) in [6, 6.07) is 7.39. The lowest BCUT2D eigenvalue weighted by Crippen LogP contribution is -2.42. The van der Waals surface area contributed by atoms with Crippen molar-refractivity contribution in [1.82, 2.24) is 4.90 Å². The molecule has 1 atom stereocenters. The molecule has 4 nitrogen and oxygen atoms in total. The van der Waals surface area contributed by atoms with E-state index in [1.54, 1.807) is 17.0 Å². The number of rotatable bonds is 3. The minimum Gasteiger partial charge on any atom is -0.370 e. The summed E-state index contributed by atoms with van der Waals surface area (Å²) in [4.78, 5) is 24.5. The number of nitrogens with zero attached hydrogens (tertiary/aromatic N) is 1. The largest absolute Gasteiger partial charge is 0.370 e. The third-order valence-electron chi connectivity index (χ3n) is 3.06. The molecule has 0 spiro atoms. The number of ether oxygens (including phenoxy) is 1. The van der Waals surface area contributed by atoms with E-state index in [9.17, 15) is 9.59 Å². The highest BCUT2D eigenvalue weighted by molar-refractivity contribution is 6.30. The maximum absolute atomic E-state index is 11.9. The van der Waals surface area contributed by atoms with Crippen molar-refractivity contribution < 1.29 is 14.3 Å². The van der Waals surface area contributed by atoms with Gasteiger partial charge in [0.2, 0.25) is 5.91 Å². The van der Waals surface area contributed by atoms with Gasteiger partial charge in [0, 0.05) is 11.6 Å². The number of morpholine rings is 1. The van der Waals surface area contributed by atoms with Crippen molar-refractivity contribution in [2.75, 3.05) is 19.7 Å². The van der Waals surface area contributed by atoms with Gasteiger partial charge in [0.25, 0.3) is 0 Å². The third kappa shape index (κ3) is 3.78. The zero-order valence-corrected chi connectivity index (χ0v) is 11.5. The number of halogens is 1. The highest BCUT2D eigenvalue weighted by atomic mass is 35.5. The molecule has 0 saturated carbocycles. The summed E-state index contributed by atoms with van der Waals surface area (Å²) in [5.74, 6) is -0.241. The van der Waals surface area contributed by atoms with E-state index in [0.29, 0.717) is 24.7 Å². The number of carbonyl (C=O) groups excluding carboxylic acids is 2. The fraction of sp³-hybridized carbons (Fsp3) is 0.429. The Morgan fingerprint density at radius 2 is 2.05 bits per heavy atom. The van der Waals surface area contributed by atoms with Crippen LogP contribution in [0.4, 0.5) is 0 Å². The Balaban J connectivity index is 2.02. The highest BCUT2D eigenvalue weighted by Crippen LogP contribution is 2.24. The Hall–Kier alpha value is -1.39. The molecule has 1 aromatic carbocycles. The lowest BCUT2D eigenvalue weighted by atomic mass is 10.1. The number of ketones is 1. The summed E-state index contributed by atoms with van der Waals surface area (Å²) in [6.45, 7) is 2.93. The molecule has 0 radical (unpaired) electrons. The summed E-state index contributed by atoms with van der Waals surface area (Å²) in [6.07, 6.45) is -0.185. The van der Waals surface area contributed by atoms with Crippen molar-refractivity contribution >= 4 is 23.3 Å². The predicted molar refractivity (Wildman–Crippen MR) is 72.0 cm³/mol. The monoisotopic (exact) mass is 281 g/mol. The van der Waals surface area contributed by atoms with Crippen LogP contribution in [0.3, 0.4) is 0 Å². The topological polar surface area (TPSA) is 46.6 Å². The molecule has 19 heavy (non-hydrogen) atoms. The molecule has 2 rings (SSSR count). The van der Waals surface area contributed by atoms with Crippen molar-refractivity contribution in [2.24, 2.45) is 0 Å². The molecular weight excluding hydrogens is 266 g/mol. The van der Waals surface area contributed by atoms with Crippen LogP contribution in [0, 0.1) is 0 Å².